The van der Waals surface area contributed by atoms with Crippen LogP contribution in [0.15, 0.2) is 0 Å². The zero-order valence-corrected chi connectivity index (χ0v) is 11.4. The molecule has 0 amide bonds. The molecule has 1 aliphatic heterocycles. The molecule has 0 unspecified atom stereocenters. The summed E-state index contributed by atoms with van der Waals surface area (Å²) >= 11 is 0. The summed E-state index contributed by atoms with van der Waals surface area (Å²) in [4.78, 5) is 2.53. The SMILES string of the molecule is CCO[Si](CC)(CC)CN1CCOCC1. The highest BCUT2D eigenvalue weighted by Crippen LogP contribution is 2.19. The predicted octanol–water partition coefficient (Wildman–Crippen LogP) is 1.88. The molecule has 1 rings (SSSR count). The smallest absolute Gasteiger partial charge is 0.205 e. The van der Waals surface area contributed by atoms with Gasteiger partial charge in [0.25, 0.3) is 0 Å². The Labute approximate surface area is 94.9 Å². The fourth-order valence-corrected chi connectivity index (χ4v) is 5.39. The summed E-state index contributed by atoms with van der Waals surface area (Å²) in [6.07, 6.45) is 1.19. The van der Waals surface area contributed by atoms with Gasteiger partial charge in [-0.25, -0.2) is 0 Å². The number of hydrogen-bond donors (Lipinski definition) is 0. The second-order valence-corrected chi connectivity index (χ2v) is 8.60. The average molecular weight is 231 g/mol. The molecule has 0 spiro atoms. The first-order valence-corrected chi connectivity index (χ1v) is 8.73. The van der Waals surface area contributed by atoms with Crippen molar-refractivity contribution in [1.82, 2.24) is 4.90 Å². The summed E-state index contributed by atoms with van der Waals surface area (Å²) in [6.45, 7) is 11.5. The van der Waals surface area contributed by atoms with Crippen molar-refractivity contribution in [3.63, 3.8) is 0 Å². The summed E-state index contributed by atoms with van der Waals surface area (Å²) in [6, 6.07) is 2.46. The van der Waals surface area contributed by atoms with E-state index in [0.717, 1.165) is 32.9 Å². The third-order valence-corrected chi connectivity index (χ3v) is 7.86. The Morgan fingerprint density at radius 3 is 2.20 bits per heavy atom. The Balaban J connectivity index is 2.47. The maximum Gasteiger partial charge on any atom is 0.205 e. The topological polar surface area (TPSA) is 21.7 Å². The van der Waals surface area contributed by atoms with Crippen molar-refractivity contribution in [1.29, 1.82) is 0 Å². The highest BCUT2D eigenvalue weighted by Gasteiger charge is 2.33. The van der Waals surface area contributed by atoms with Gasteiger partial charge in [-0.2, -0.15) is 0 Å². The predicted molar refractivity (Wildman–Crippen MR) is 65.6 cm³/mol. The summed E-state index contributed by atoms with van der Waals surface area (Å²) in [5.41, 5.74) is 0. The van der Waals surface area contributed by atoms with Crippen LogP contribution in [0.1, 0.15) is 20.8 Å². The van der Waals surface area contributed by atoms with Gasteiger partial charge in [-0.3, -0.25) is 4.90 Å². The Kier molecular flexibility index (Phi) is 5.82. The van der Waals surface area contributed by atoms with Crippen molar-refractivity contribution in [2.45, 2.75) is 32.9 Å². The van der Waals surface area contributed by atoms with Crippen LogP contribution in [0, 0.1) is 0 Å². The van der Waals surface area contributed by atoms with E-state index in [9.17, 15) is 0 Å². The molecule has 3 nitrogen and oxygen atoms in total. The minimum Gasteiger partial charge on any atom is -0.416 e. The zero-order chi connectivity index (χ0) is 11.1. The van der Waals surface area contributed by atoms with E-state index >= 15 is 0 Å². The second kappa shape index (κ2) is 6.63. The largest absolute Gasteiger partial charge is 0.416 e. The van der Waals surface area contributed by atoms with E-state index in [4.69, 9.17) is 9.16 Å². The van der Waals surface area contributed by atoms with Crippen LogP contribution in [0.4, 0.5) is 0 Å². The Morgan fingerprint density at radius 1 is 1.13 bits per heavy atom. The quantitative estimate of drug-likeness (QED) is 0.652. The van der Waals surface area contributed by atoms with Gasteiger partial charge in [0, 0.05) is 25.9 Å². The molecule has 0 atom stereocenters. The number of nitrogens with zero attached hydrogens (tertiary/aromatic N) is 1. The van der Waals surface area contributed by atoms with E-state index in [1.807, 2.05) is 0 Å². The fourth-order valence-electron chi connectivity index (χ4n) is 2.20. The minimum absolute atomic E-state index is 0.873. The van der Waals surface area contributed by atoms with E-state index in [1.165, 1.54) is 18.3 Å². The van der Waals surface area contributed by atoms with Crippen molar-refractivity contribution < 1.29 is 9.16 Å². The number of rotatable bonds is 6. The second-order valence-electron chi connectivity index (χ2n) is 4.21. The molecule has 0 aromatic heterocycles. The van der Waals surface area contributed by atoms with Crippen LogP contribution < -0.4 is 0 Å². The highest BCUT2D eigenvalue weighted by atomic mass is 28.4. The molecule has 0 radical (unpaired) electrons. The zero-order valence-electron chi connectivity index (χ0n) is 10.4. The van der Waals surface area contributed by atoms with E-state index in [0.29, 0.717) is 0 Å². The third kappa shape index (κ3) is 3.87. The van der Waals surface area contributed by atoms with Crippen molar-refractivity contribution >= 4 is 8.32 Å². The molecule has 4 heteroatoms. The molecule has 0 aliphatic carbocycles. The Morgan fingerprint density at radius 2 is 1.73 bits per heavy atom. The molecule has 0 saturated carbocycles. The highest BCUT2D eigenvalue weighted by molar-refractivity contribution is 6.73. The maximum absolute atomic E-state index is 6.09. The summed E-state index contributed by atoms with van der Waals surface area (Å²) in [7, 11) is -1.46. The van der Waals surface area contributed by atoms with Crippen LogP contribution >= 0.6 is 0 Å². The molecule has 90 valence electrons. The van der Waals surface area contributed by atoms with Gasteiger partial charge in [0.2, 0.25) is 8.32 Å². The lowest BCUT2D eigenvalue weighted by Gasteiger charge is -2.36. The third-order valence-electron chi connectivity index (χ3n) is 3.35. The molecular formula is C11H25NO2Si. The van der Waals surface area contributed by atoms with Crippen molar-refractivity contribution in [2.24, 2.45) is 0 Å². The average Bonchev–Trinajstić information content (AvgIpc) is 2.30. The first kappa shape index (κ1) is 13.2. The summed E-state index contributed by atoms with van der Waals surface area (Å²) in [5, 5.41) is 0. The van der Waals surface area contributed by atoms with Crippen molar-refractivity contribution in [3.8, 4) is 0 Å². The lowest BCUT2D eigenvalue weighted by Crippen LogP contribution is -2.52. The van der Waals surface area contributed by atoms with Gasteiger partial charge in [0.05, 0.1) is 13.2 Å². The van der Waals surface area contributed by atoms with E-state index in [-0.39, 0.29) is 0 Å². The van der Waals surface area contributed by atoms with Gasteiger partial charge in [0.1, 0.15) is 0 Å². The van der Waals surface area contributed by atoms with Gasteiger partial charge in [-0.15, -0.1) is 0 Å². The summed E-state index contributed by atoms with van der Waals surface area (Å²) in [5.74, 6) is 0. The number of ether oxygens (including phenoxy) is 1. The van der Waals surface area contributed by atoms with Gasteiger partial charge in [-0.1, -0.05) is 13.8 Å². The molecule has 0 aromatic carbocycles. The molecule has 1 fully saturated rings. The first-order valence-electron chi connectivity index (χ1n) is 6.20. The number of morpholine rings is 1. The molecular weight excluding hydrogens is 206 g/mol. The molecule has 1 saturated heterocycles. The van der Waals surface area contributed by atoms with Crippen LogP contribution in [0.5, 0.6) is 0 Å². The van der Waals surface area contributed by atoms with Crippen LogP contribution in [-0.4, -0.2) is 52.3 Å². The molecule has 0 bridgehead atoms. The molecule has 1 heterocycles. The van der Waals surface area contributed by atoms with E-state index in [2.05, 4.69) is 25.7 Å². The van der Waals surface area contributed by atoms with Crippen molar-refractivity contribution in [2.75, 3.05) is 39.1 Å². The van der Waals surface area contributed by atoms with E-state index in [1.54, 1.807) is 0 Å². The molecule has 0 N–H and O–H groups in total. The number of hydrogen-bond acceptors (Lipinski definition) is 3. The normalized spacial score (nSPS) is 19.4. The van der Waals surface area contributed by atoms with Gasteiger partial charge in [-0.05, 0) is 19.0 Å². The van der Waals surface area contributed by atoms with Crippen LogP contribution in [0.25, 0.3) is 0 Å². The lowest BCUT2D eigenvalue weighted by molar-refractivity contribution is 0.0431. The Hall–Kier alpha value is 0.0969. The maximum atomic E-state index is 6.09. The fraction of sp³-hybridized carbons (Fsp3) is 1.00. The van der Waals surface area contributed by atoms with Crippen LogP contribution in [0.2, 0.25) is 12.1 Å². The molecule has 0 aromatic rings. The molecule has 15 heavy (non-hydrogen) atoms. The van der Waals surface area contributed by atoms with Crippen molar-refractivity contribution in [3.05, 3.63) is 0 Å². The minimum atomic E-state index is -1.46. The van der Waals surface area contributed by atoms with Gasteiger partial charge >= 0.3 is 0 Å². The van der Waals surface area contributed by atoms with Crippen LogP contribution in [-0.2, 0) is 9.16 Å². The van der Waals surface area contributed by atoms with Gasteiger partial charge < -0.3 is 9.16 Å². The summed E-state index contributed by atoms with van der Waals surface area (Å²) < 4.78 is 11.5. The standard InChI is InChI=1S/C11H25NO2Si/c1-4-14-15(5-2,6-3)11-12-7-9-13-10-8-12/h4-11H2,1-3H3. The monoisotopic (exact) mass is 231 g/mol. The molecule has 1 aliphatic rings. The van der Waals surface area contributed by atoms with E-state index < -0.39 is 8.32 Å². The Bertz CT molecular complexity index is 168. The first-order chi connectivity index (χ1) is 7.26. The van der Waals surface area contributed by atoms with Gasteiger partial charge in [0.15, 0.2) is 0 Å². The lowest BCUT2D eigenvalue weighted by atomic mass is 10.5. The van der Waals surface area contributed by atoms with Crippen LogP contribution in [0.3, 0.4) is 0 Å².